The van der Waals surface area contributed by atoms with Crippen molar-refractivity contribution in [3.05, 3.63) is 36.3 Å². The third-order valence-corrected chi connectivity index (χ3v) is 3.36. The first-order valence-electron chi connectivity index (χ1n) is 7.77. The summed E-state index contributed by atoms with van der Waals surface area (Å²) in [5.41, 5.74) is 1.08. The van der Waals surface area contributed by atoms with E-state index < -0.39 is 0 Å². The first kappa shape index (κ1) is 17.5. The van der Waals surface area contributed by atoms with Gasteiger partial charge in [0.05, 0.1) is 26.6 Å². The number of hydrogen-bond donors (Lipinski definition) is 2. The molecule has 0 bridgehead atoms. The maximum atomic E-state index is 11.9. The van der Waals surface area contributed by atoms with E-state index in [0.717, 1.165) is 18.5 Å². The topological polar surface area (TPSA) is 85.4 Å². The summed E-state index contributed by atoms with van der Waals surface area (Å²) < 4.78 is 10.5. The van der Waals surface area contributed by atoms with E-state index in [1.54, 1.807) is 26.4 Å². The van der Waals surface area contributed by atoms with Gasteiger partial charge in [-0.25, -0.2) is 9.97 Å². The van der Waals surface area contributed by atoms with E-state index in [-0.39, 0.29) is 5.91 Å². The number of rotatable bonds is 8. The fraction of sp³-hybridized carbons (Fsp3) is 0.353. The number of benzene rings is 1. The first-order chi connectivity index (χ1) is 11.7. The van der Waals surface area contributed by atoms with Gasteiger partial charge in [0.25, 0.3) is 5.91 Å². The van der Waals surface area contributed by atoms with E-state index in [9.17, 15) is 4.79 Å². The summed E-state index contributed by atoms with van der Waals surface area (Å²) in [5, 5.41) is 5.91. The Kier molecular flexibility index (Phi) is 6.36. The van der Waals surface area contributed by atoms with Gasteiger partial charge in [0.1, 0.15) is 11.5 Å². The highest BCUT2D eigenvalue weighted by Crippen LogP contribution is 2.30. The molecule has 2 N–H and O–H groups in total. The van der Waals surface area contributed by atoms with Crippen LogP contribution in [0.1, 0.15) is 30.3 Å². The molecule has 2 aromatic rings. The molecule has 0 spiro atoms. The number of hydrogen-bond acceptors (Lipinski definition) is 6. The minimum Gasteiger partial charge on any atom is -0.493 e. The van der Waals surface area contributed by atoms with Crippen molar-refractivity contribution >= 4 is 17.4 Å². The van der Waals surface area contributed by atoms with Crippen molar-refractivity contribution in [3.8, 4) is 11.5 Å². The van der Waals surface area contributed by atoms with Crippen LogP contribution in [-0.2, 0) is 0 Å². The van der Waals surface area contributed by atoms with Crippen LogP contribution in [-0.4, -0.2) is 36.6 Å². The summed E-state index contributed by atoms with van der Waals surface area (Å²) in [6.45, 7) is 2.71. The van der Waals surface area contributed by atoms with Gasteiger partial charge in [0, 0.05) is 18.3 Å². The van der Waals surface area contributed by atoms with Gasteiger partial charge in [-0.2, -0.15) is 0 Å². The van der Waals surface area contributed by atoms with Crippen LogP contribution in [0.15, 0.2) is 30.6 Å². The number of amides is 1. The Bertz CT molecular complexity index is 674. The van der Waals surface area contributed by atoms with Crippen LogP contribution in [0.4, 0.5) is 11.5 Å². The Morgan fingerprint density at radius 1 is 1.12 bits per heavy atom. The molecule has 0 aliphatic carbocycles. The molecule has 0 aliphatic rings. The molecule has 0 atom stereocenters. The molecule has 128 valence electrons. The quantitative estimate of drug-likeness (QED) is 0.724. The number of anilines is 2. The van der Waals surface area contributed by atoms with Crippen molar-refractivity contribution in [1.82, 2.24) is 15.3 Å². The first-order valence-corrected chi connectivity index (χ1v) is 7.77. The fourth-order valence-electron chi connectivity index (χ4n) is 2.04. The highest BCUT2D eigenvalue weighted by molar-refractivity contribution is 5.92. The number of aromatic nitrogens is 2. The highest BCUT2D eigenvalue weighted by atomic mass is 16.5. The monoisotopic (exact) mass is 330 g/mol. The molecule has 1 aromatic carbocycles. The van der Waals surface area contributed by atoms with Crippen molar-refractivity contribution in [1.29, 1.82) is 0 Å². The number of carbonyl (C=O) groups excluding carboxylic acids is 1. The number of methoxy groups -OCH3 is 2. The zero-order valence-electron chi connectivity index (χ0n) is 14.1. The number of carbonyl (C=O) groups is 1. The lowest BCUT2D eigenvalue weighted by Crippen LogP contribution is -2.25. The molecule has 1 heterocycles. The standard InChI is InChI=1S/C17H22N4O3/c1-4-5-8-18-17(22)13-10-20-16(11-19-13)21-12-6-7-14(23-2)15(9-12)24-3/h6-7,9-11H,4-5,8H2,1-3H3,(H,18,22)(H,20,21). The van der Waals surface area contributed by atoms with Crippen molar-refractivity contribution in [2.24, 2.45) is 0 Å². The maximum Gasteiger partial charge on any atom is 0.271 e. The molecule has 0 unspecified atom stereocenters. The van der Waals surface area contributed by atoms with Crippen molar-refractivity contribution in [2.75, 3.05) is 26.1 Å². The average molecular weight is 330 g/mol. The summed E-state index contributed by atoms with van der Waals surface area (Å²) in [6.07, 6.45) is 4.94. The smallest absolute Gasteiger partial charge is 0.271 e. The molecule has 1 amide bonds. The molecule has 1 aromatic heterocycles. The number of nitrogens with zero attached hydrogens (tertiary/aromatic N) is 2. The van der Waals surface area contributed by atoms with Crippen LogP contribution in [0.25, 0.3) is 0 Å². The van der Waals surface area contributed by atoms with Gasteiger partial charge in [0.2, 0.25) is 0 Å². The second-order valence-corrected chi connectivity index (χ2v) is 5.09. The third kappa shape index (κ3) is 4.58. The summed E-state index contributed by atoms with van der Waals surface area (Å²) in [4.78, 5) is 20.2. The maximum absolute atomic E-state index is 11.9. The normalized spacial score (nSPS) is 10.1. The van der Waals surface area contributed by atoms with Crippen LogP contribution in [0.5, 0.6) is 11.5 Å². The SMILES string of the molecule is CCCCNC(=O)c1cnc(Nc2ccc(OC)c(OC)c2)cn1. The molecule has 0 saturated carbocycles. The number of ether oxygens (including phenoxy) is 2. The summed E-state index contributed by atoms with van der Waals surface area (Å²) in [7, 11) is 3.16. The van der Waals surface area contributed by atoms with Crippen LogP contribution < -0.4 is 20.1 Å². The van der Waals surface area contributed by atoms with Gasteiger partial charge in [0.15, 0.2) is 11.5 Å². The molecular formula is C17H22N4O3. The molecule has 2 rings (SSSR count). The van der Waals surface area contributed by atoms with E-state index in [0.29, 0.717) is 29.6 Å². The van der Waals surface area contributed by atoms with Gasteiger partial charge >= 0.3 is 0 Å². The van der Waals surface area contributed by atoms with Crippen LogP contribution in [0.2, 0.25) is 0 Å². The zero-order chi connectivity index (χ0) is 17.4. The zero-order valence-corrected chi connectivity index (χ0v) is 14.1. The molecule has 0 fully saturated rings. The number of unbranched alkanes of at least 4 members (excludes halogenated alkanes) is 1. The highest BCUT2D eigenvalue weighted by Gasteiger charge is 2.08. The average Bonchev–Trinajstić information content (AvgIpc) is 2.62. The van der Waals surface area contributed by atoms with E-state index in [1.807, 2.05) is 6.07 Å². The van der Waals surface area contributed by atoms with Crippen molar-refractivity contribution in [2.45, 2.75) is 19.8 Å². The second kappa shape index (κ2) is 8.71. The molecule has 0 saturated heterocycles. The third-order valence-electron chi connectivity index (χ3n) is 3.36. The summed E-state index contributed by atoms with van der Waals surface area (Å²) in [5.74, 6) is 1.58. The van der Waals surface area contributed by atoms with Gasteiger partial charge in [-0.1, -0.05) is 13.3 Å². The van der Waals surface area contributed by atoms with E-state index in [2.05, 4.69) is 27.5 Å². The van der Waals surface area contributed by atoms with E-state index in [4.69, 9.17) is 9.47 Å². The van der Waals surface area contributed by atoms with Gasteiger partial charge in [-0.05, 0) is 18.6 Å². The van der Waals surface area contributed by atoms with Gasteiger partial charge < -0.3 is 20.1 Å². The lowest BCUT2D eigenvalue weighted by molar-refractivity contribution is 0.0948. The van der Waals surface area contributed by atoms with Crippen LogP contribution in [0, 0.1) is 0 Å². The Morgan fingerprint density at radius 2 is 1.92 bits per heavy atom. The van der Waals surface area contributed by atoms with E-state index >= 15 is 0 Å². The lowest BCUT2D eigenvalue weighted by atomic mass is 10.2. The predicted octanol–water partition coefficient (Wildman–Crippen LogP) is 2.77. The minimum absolute atomic E-state index is 0.214. The minimum atomic E-state index is -0.214. The summed E-state index contributed by atoms with van der Waals surface area (Å²) in [6, 6.07) is 5.43. The predicted molar refractivity (Wildman–Crippen MR) is 92.1 cm³/mol. The van der Waals surface area contributed by atoms with Crippen LogP contribution >= 0.6 is 0 Å². The molecule has 0 aliphatic heterocycles. The number of nitrogens with one attached hydrogen (secondary N) is 2. The molecule has 7 nitrogen and oxygen atoms in total. The Balaban J connectivity index is 2.02. The summed E-state index contributed by atoms with van der Waals surface area (Å²) >= 11 is 0. The molecule has 0 radical (unpaired) electrons. The largest absolute Gasteiger partial charge is 0.493 e. The fourth-order valence-corrected chi connectivity index (χ4v) is 2.04. The Hall–Kier alpha value is -2.83. The van der Waals surface area contributed by atoms with Gasteiger partial charge in [-0.15, -0.1) is 0 Å². The molecular weight excluding hydrogens is 308 g/mol. The Morgan fingerprint density at radius 3 is 2.54 bits per heavy atom. The van der Waals surface area contributed by atoms with Crippen molar-refractivity contribution in [3.63, 3.8) is 0 Å². The van der Waals surface area contributed by atoms with Crippen LogP contribution in [0.3, 0.4) is 0 Å². The second-order valence-electron chi connectivity index (χ2n) is 5.09. The lowest BCUT2D eigenvalue weighted by Gasteiger charge is -2.11. The van der Waals surface area contributed by atoms with Crippen molar-refractivity contribution < 1.29 is 14.3 Å². The molecule has 24 heavy (non-hydrogen) atoms. The molecule has 7 heteroatoms. The Labute approximate surface area is 141 Å². The van der Waals surface area contributed by atoms with E-state index in [1.165, 1.54) is 12.4 Å². The van der Waals surface area contributed by atoms with Gasteiger partial charge in [-0.3, -0.25) is 4.79 Å².